The van der Waals surface area contributed by atoms with E-state index in [0.717, 1.165) is 44.7 Å². The number of benzene rings is 1. The number of halogens is 2. The van der Waals surface area contributed by atoms with E-state index in [2.05, 4.69) is 25.4 Å². The van der Waals surface area contributed by atoms with Crippen LogP contribution in [0.1, 0.15) is 34.8 Å². The summed E-state index contributed by atoms with van der Waals surface area (Å²) in [4.78, 5) is 31.2. The predicted octanol–water partition coefficient (Wildman–Crippen LogP) is 4.17. The Morgan fingerprint density at radius 3 is 2.47 bits per heavy atom. The average Bonchev–Trinajstić information content (AvgIpc) is 3.70. The standard InChI is InChI=1S/C25H27Cl2N7O2/c26-18-2-1-3-19(27)23(18)24(36)29-17-6-7-28-21(14-17)31-22-15-20(16-4-5-16)30-25(32-22)34-10-8-33(9-11-34)12-13-35/h1-3,6-7,14-16,35H,4-5,8-13H2,(H2,28,29,30,31,32,36). The highest BCUT2D eigenvalue weighted by atomic mass is 35.5. The van der Waals surface area contributed by atoms with Crippen LogP contribution in [0.4, 0.5) is 23.3 Å². The molecule has 2 fully saturated rings. The molecule has 2 aromatic heterocycles. The molecule has 3 N–H and O–H groups in total. The maximum Gasteiger partial charge on any atom is 0.258 e. The summed E-state index contributed by atoms with van der Waals surface area (Å²) in [5.41, 5.74) is 1.80. The topological polar surface area (TPSA) is 107 Å². The lowest BCUT2D eigenvalue weighted by atomic mass is 10.2. The Hall–Kier alpha value is -2.98. The van der Waals surface area contributed by atoms with Crippen molar-refractivity contribution < 1.29 is 9.90 Å². The van der Waals surface area contributed by atoms with Gasteiger partial charge in [-0.2, -0.15) is 4.98 Å². The van der Waals surface area contributed by atoms with Crippen LogP contribution in [-0.4, -0.2) is 70.2 Å². The Balaban J connectivity index is 1.32. The van der Waals surface area contributed by atoms with E-state index in [4.69, 9.17) is 33.2 Å². The van der Waals surface area contributed by atoms with Crippen LogP contribution in [0.25, 0.3) is 0 Å². The fraction of sp³-hybridized carbons (Fsp3) is 0.360. The zero-order valence-electron chi connectivity index (χ0n) is 19.6. The minimum Gasteiger partial charge on any atom is -0.395 e. The van der Waals surface area contributed by atoms with Crippen LogP contribution < -0.4 is 15.5 Å². The summed E-state index contributed by atoms with van der Waals surface area (Å²) in [6, 6.07) is 10.3. The number of aliphatic hydroxyl groups is 1. The predicted molar refractivity (Wildman–Crippen MR) is 142 cm³/mol. The van der Waals surface area contributed by atoms with E-state index in [0.29, 0.717) is 35.7 Å². The van der Waals surface area contributed by atoms with Crippen molar-refractivity contribution in [3.8, 4) is 0 Å². The van der Waals surface area contributed by atoms with E-state index < -0.39 is 5.91 Å². The van der Waals surface area contributed by atoms with Crippen molar-refractivity contribution in [1.29, 1.82) is 0 Å². The number of hydrogen-bond acceptors (Lipinski definition) is 8. The summed E-state index contributed by atoms with van der Waals surface area (Å²) in [5, 5.41) is 15.9. The summed E-state index contributed by atoms with van der Waals surface area (Å²) >= 11 is 12.4. The molecule has 1 aliphatic heterocycles. The van der Waals surface area contributed by atoms with E-state index >= 15 is 0 Å². The van der Waals surface area contributed by atoms with E-state index in [1.54, 1.807) is 36.5 Å². The van der Waals surface area contributed by atoms with Crippen molar-refractivity contribution in [2.45, 2.75) is 18.8 Å². The first-order valence-corrected chi connectivity index (χ1v) is 12.7. The molecule has 11 heteroatoms. The highest BCUT2D eigenvalue weighted by Crippen LogP contribution is 2.40. The third-order valence-corrected chi connectivity index (χ3v) is 6.89. The van der Waals surface area contributed by atoms with Crippen LogP contribution in [-0.2, 0) is 0 Å². The Kier molecular flexibility index (Phi) is 7.52. The Bertz CT molecular complexity index is 1230. The number of pyridine rings is 1. The van der Waals surface area contributed by atoms with Crippen molar-refractivity contribution in [3.63, 3.8) is 0 Å². The molecule has 0 unspecified atom stereocenters. The van der Waals surface area contributed by atoms with Gasteiger partial charge >= 0.3 is 0 Å². The lowest BCUT2D eigenvalue weighted by Crippen LogP contribution is -2.47. The molecule has 36 heavy (non-hydrogen) atoms. The molecule has 3 heterocycles. The van der Waals surface area contributed by atoms with Crippen molar-refractivity contribution in [2.75, 3.05) is 54.9 Å². The van der Waals surface area contributed by atoms with Crippen molar-refractivity contribution >= 4 is 52.4 Å². The first-order valence-electron chi connectivity index (χ1n) is 12.0. The number of hydrogen-bond donors (Lipinski definition) is 3. The summed E-state index contributed by atoms with van der Waals surface area (Å²) in [6.07, 6.45) is 3.87. The highest BCUT2D eigenvalue weighted by Gasteiger charge is 2.28. The first kappa shape index (κ1) is 24.7. The lowest BCUT2D eigenvalue weighted by molar-refractivity contribution is 0.102. The Labute approximate surface area is 219 Å². The van der Waals surface area contributed by atoms with Gasteiger partial charge in [0.2, 0.25) is 5.95 Å². The van der Waals surface area contributed by atoms with Gasteiger partial charge in [-0.25, -0.2) is 9.97 Å². The SMILES string of the molecule is O=C(Nc1ccnc(Nc2cc(C3CC3)nc(N3CCN(CCO)CC3)n2)c1)c1c(Cl)cccc1Cl. The van der Waals surface area contributed by atoms with Gasteiger partial charge in [0.1, 0.15) is 11.6 Å². The average molecular weight is 528 g/mol. The van der Waals surface area contributed by atoms with Crippen LogP contribution in [0.5, 0.6) is 0 Å². The second kappa shape index (κ2) is 11.0. The lowest BCUT2D eigenvalue weighted by Gasteiger charge is -2.34. The van der Waals surface area contributed by atoms with Gasteiger partial charge in [-0.05, 0) is 31.0 Å². The number of anilines is 4. The molecule has 2 aliphatic rings. The molecule has 0 radical (unpaired) electrons. The second-order valence-electron chi connectivity index (χ2n) is 8.91. The minimum atomic E-state index is -0.400. The molecule has 1 aromatic carbocycles. The van der Waals surface area contributed by atoms with Crippen molar-refractivity contribution in [3.05, 3.63) is 63.9 Å². The van der Waals surface area contributed by atoms with E-state index in [9.17, 15) is 9.90 Å². The Morgan fingerprint density at radius 1 is 1.03 bits per heavy atom. The number of rotatable bonds is 8. The van der Waals surface area contributed by atoms with Crippen LogP contribution in [0.2, 0.25) is 10.0 Å². The molecular weight excluding hydrogens is 501 g/mol. The second-order valence-corrected chi connectivity index (χ2v) is 9.72. The molecule has 188 valence electrons. The molecule has 9 nitrogen and oxygen atoms in total. The van der Waals surface area contributed by atoms with Gasteiger partial charge in [-0.15, -0.1) is 0 Å². The maximum absolute atomic E-state index is 12.8. The van der Waals surface area contributed by atoms with Gasteiger partial charge in [-0.1, -0.05) is 29.3 Å². The summed E-state index contributed by atoms with van der Waals surface area (Å²) in [5.74, 6) is 1.95. The number of aromatic nitrogens is 3. The maximum atomic E-state index is 12.8. The van der Waals surface area contributed by atoms with Gasteiger partial charge in [0.05, 0.1) is 27.9 Å². The molecule has 1 amide bonds. The third kappa shape index (κ3) is 5.87. The van der Waals surface area contributed by atoms with Gasteiger partial charge in [-0.3, -0.25) is 9.69 Å². The van der Waals surface area contributed by atoms with E-state index in [-0.39, 0.29) is 22.2 Å². The van der Waals surface area contributed by atoms with E-state index in [1.807, 2.05) is 6.07 Å². The smallest absolute Gasteiger partial charge is 0.258 e. The van der Waals surface area contributed by atoms with Crippen molar-refractivity contribution in [1.82, 2.24) is 19.9 Å². The van der Waals surface area contributed by atoms with Crippen LogP contribution in [0, 0.1) is 0 Å². The van der Waals surface area contributed by atoms with Gasteiger partial charge in [0, 0.05) is 62.7 Å². The molecule has 0 spiro atoms. The summed E-state index contributed by atoms with van der Waals surface area (Å²) in [7, 11) is 0. The molecule has 3 aromatic rings. The number of amides is 1. The number of piperazine rings is 1. The molecule has 1 saturated carbocycles. The minimum absolute atomic E-state index is 0.166. The largest absolute Gasteiger partial charge is 0.395 e. The molecule has 0 atom stereocenters. The molecule has 5 rings (SSSR count). The summed E-state index contributed by atoms with van der Waals surface area (Å²) < 4.78 is 0. The zero-order valence-corrected chi connectivity index (χ0v) is 21.1. The fourth-order valence-electron chi connectivity index (χ4n) is 4.18. The number of nitrogens with zero attached hydrogens (tertiary/aromatic N) is 5. The van der Waals surface area contributed by atoms with Gasteiger partial charge < -0.3 is 20.6 Å². The number of aliphatic hydroxyl groups excluding tert-OH is 1. The number of carbonyl (C=O) groups is 1. The van der Waals surface area contributed by atoms with Crippen LogP contribution in [0.15, 0.2) is 42.6 Å². The molecule has 0 bridgehead atoms. The van der Waals surface area contributed by atoms with Gasteiger partial charge in [0.25, 0.3) is 5.91 Å². The van der Waals surface area contributed by atoms with Crippen molar-refractivity contribution in [2.24, 2.45) is 0 Å². The first-order chi connectivity index (χ1) is 17.5. The number of nitrogens with one attached hydrogen (secondary N) is 2. The third-order valence-electron chi connectivity index (χ3n) is 6.26. The molecule has 1 aliphatic carbocycles. The van der Waals surface area contributed by atoms with Crippen LogP contribution >= 0.6 is 23.2 Å². The summed E-state index contributed by atoms with van der Waals surface area (Å²) in [6.45, 7) is 4.18. The zero-order chi connectivity index (χ0) is 25.1. The fourth-order valence-corrected chi connectivity index (χ4v) is 4.74. The monoisotopic (exact) mass is 527 g/mol. The molecular formula is C25H27Cl2N7O2. The van der Waals surface area contributed by atoms with E-state index in [1.165, 1.54) is 0 Å². The molecule has 1 saturated heterocycles. The van der Waals surface area contributed by atoms with Gasteiger partial charge in [0.15, 0.2) is 0 Å². The quantitative estimate of drug-likeness (QED) is 0.400. The normalized spacial score (nSPS) is 16.1. The highest BCUT2D eigenvalue weighted by molar-refractivity contribution is 6.40. The van der Waals surface area contributed by atoms with Crippen LogP contribution in [0.3, 0.4) is 0 Å². The number of β-amino-alcohol motifs (C(OH)–C–C–N with tert-alkyl or cyclic N) is 1. The number of carbonyl (C=O) groups excluding carboxylic acids is 1. The Morgan fingerprint density at radius 2 is 1.78 bits per heavy atom.